The predicted molar refractivity (Wildman–Crippen MR) is 126 cm³/mol. The van der Waals surface area contributed by atoms with E-state index < -0.39 is 12.0 Å². The number of nitrogens with zero attached hydrogens (tertiary/aromatic N) is 1. The van der Waals surface area contributed by atoms with E-state index in [9.17, 15) is 9.59 Å². The Balaban J connectivity index is 1.86. The molecule has 1 atom stereocenters. The first kappa shape index (κ1) is 22.3. The van der Waals surface area contributed by atoms with Gasteiger partial charge in [-0.05, 0) is 62.3 Å². The lowest BCUT2D eigenvalue weighted by Gasteiger charge is -2.37. The van der Waals surface area contributed by atoms with Crippen LogP contribution in [0.2, 0.25) is 0 Å². The highest BCUT2D eigenvalue weighted by Gasteiger charge is 2.34. The Kier molecular flexibility index (Phi) is 6.91. The number of anilines is 2. The molecule has 2 aromatic rings. The Morgan fingerprint density at radius 1 is 1.13 bits per heavy atom. The Hall–Kier alpha value is -3.39. The third kappa shape index (κ3) is 4.86. The van der Waals surface area contributed by atoms with Crippen LogP contribution in [0.5, 0.6) is 0 Å². The van der Waals surface area contributed by atoms with Crippen LogP contribution in [0.25, 0.3) is 0 Å². The molecular formula is C23H26N4O3S. The minimum atomic E-state index is -0.482. The molecule has 162 valence electrons. The van der Waals surface area contributed by atoms with Gasteiger partial charge in [0.2, 0.25) is 0 Å². The highest BCUT2D eigenvalue weighted by Crippen LogP contribution is 2.32. The summed E-state index contributed by atoms with van der Waals surface area (Å²) in [4.78, 5) is 26.9. The van der Waals surface area contributed by atoms with Crippen molar-refractivity contribution in [2.45, 2.75) is 26.8 Å². The first-order valence-corrected chi connectivity index (χ1v) is 10.4. The van der Waals surface area contributed by atoms with Gasteiger partial charge in [-0.2, -0.15) is 0 Å². The highest BCUT2D eigenvalue weighted by atomic mass is 32.1. The number of hydrogen-bond donors (Lipinski definition) is 3. The molecule has 0 bridgehead atoms. The lowest BCUT2D eigenvalue weighted by atomic mass is 9.94. The lowest BCUT2D eigenvalue weighted by Crippen LogP contribution is -2.47. The fourth-order valence-electron chi connectivity index (χ4n) is 3.58. The van der Waals surface area contributed by atoms with Crippen LogP contribution in [0, 0.1) is 6.92 Å². The second-order valence-electron chi connectivity index (χ2n) is 7.14. The summed E-state index contributed by atoms with van der Waals surface area (Å²) >= 11 is 5.49. The Labute approximate surface area is 187 Å². The van der Waals surface area contributed by atoms with Gasteiger partial charge in [0.05, 0.1) is 18.7 Å². The van der Waals surface area contributed by atoms with E-state index in [0.29, 0.717) is 22.9 Å². The fraction of sp³-hybridized carbons (Fsp3) is 0.261. The Morgan fingerprint density at radius 2 is 1.87 bits per heavy atom. The van der Waals surface area contributed by atoms with E-state index in [1.54, 1.807) is 6.07 Å². The summed E-state index contributed by atoms with van der Waals surface area (Å²) in [5, 5.41) is 9.45. The quantitative estimate of drug-likeness (QED) is 0.476. The number of hydrogen-bond acceptors (Lipinski definition) is 4. The number of para-hydroxylation sites is 1. The predicted octanol–water partition coefficient (Wildman–Crippen LogP) is 4.34. The van der Waals surface area contributed by atoms with E-state index in [4.69, 9.17) is 17.0 Å². The van der Waals surface area contributed by atoms with Crippen molar-refractivity contribution in [3.63, 3.8) is 0 Å². The molecule has 3 N–H and O–H groups in total. The van der Waals surface area contributed by atoms with Gasteiger partial charge in [0.25, 0.3) is 0 Å². The normalized spacial score (nSPS) is 15.9. The zero-order valence-corrected chi connectivity index (χ0v) is 18.8. The van der Waals surface area contributed by atoms with Gasteiger partial charge in [-0.25, -0.2) is 9.59 Å². The molecule has 1 heterocycles. The third-order valence-electron chi connectivity index (χ3n) is 5.19. The monoisotopic (exact) mass is 438 g/mol. The largest absolute Gasteiger partial charge is 0.466 e. The first-order chi connectivity index (χ1) is 14.8. The van der Waals surface area contributed by atoms with E-state index >= 15 is 0 Å². The molecule has 0 radical (unpaired) electrons. The maximum atomic E-state index is 12.6. The number of thiocarbonyl (C=S) groups is 1. The van der Waals surface area contributed by atoms with Crippen molar-refractivity contribution in [2.24, 2.45) is 0 Å². The number of amides is 2. The molecule has 0 aromatic heterocycles. The van der Waals surface area contributed by atoms with E-state index in [-0.39, 0.29) is 6.03 Å². The molecular weight excluding hydrogens is 412 g/mol. The van der Waals surface area contributed by atoms with Crippen molar-refractivity contribution < 1.29 is 14.3 Å². The number of nitrogens with one attached hydrogen (secondary N) is 3. The molecule has 1 unspecified atom stereocenters. The summed E-state index contributed by atoms with van der Waals surface area (Å²) in [7, 11) is 1.36. The molecule has 0 saturated heterocycles. The molecule has 0 saturated carbocycles. The zero-order valence-electron chi connectivity index (χ0n) is 18.0. The highest BCUT2D eigenvalue weighted by molar-refractivity contribution is 7.80. The average molecular weight is 439 g/mol. The molecule has 0 aliphatic carbocycles. The second-order valence-corrected chi connectivity index (χ2v) is 7.52. The summed E-state index contributed by atoms with van der Waals surface area (Å²) < 4.78 is 5.03. The average Bonchev–Trinajstić information content (AvgIpc) is 2.75. The summed E-state index contributed by atoms with van der Waals surface area (Å²) in [5.74, 6) is -0.424. The summed E-state index contributed by atoms with van der Waals surface area (Å²) in [6.07, 6.45) is 0. The number of carbonyl (C=O) groups excluding carboxylic acids is 2. The van der Waals surface area contributed by atoms with Crippen LogP contribution in [0.4, 0.5) is 16.2 Å². The van der Waals surface area contributed by atoms with E-state index in [2.05, 4.69) is 16.0 Å². The first-order valence-electron chi connectivity index (χ1n) is 9.96. The molecule has 1 aliphatic rings. The van der Waals surface area contributed by atoms with Gasteiger partial charge in [0.1, 0.15) is 0 Å². The Morgan fingerprint density at radius 3 is 2.55 bits per heavy atom. The summed E-state index contributed by atoms with van der Waals surface area (Å²) in [6.45, 7) is 6.37. The van der Waals surface area contributed by atoms with E-state index in [1.165, 1.54) is 7.11 Å². The van der Waals surface area contributed by atoms with Crippen molar-refractivity contribution in [1.29, 1.82) is 0 Å². The molecule has 7 nitrogen and oxygen atoms in total. The van der Waals surface area contributed by atoms with Crippen LogP contribution in [0.15, 0.2) is 59.8 Å². The van der Waals surface area contributed by atoms with E-state index in [0.717, 1.165) is 22.5 Å². The number of allylic oxidation sites excluding steroid dienone is 1. The third-order valence-corrected chi connectivity index (χ3v) is 5.53. The number of rotatable bonds is 5. The number of esters is 1. The lowest BCUT2D eigenvalue weighted by molar-refractivity contribution is -0.136. The van der Waals surface area contributed by atoms with Crippen molar-refractivity contribution in [2.75, 3.05) is 24.3 Å². The number of aryl methyl sites for hydroxylation is 1. The topological polar surface area (TPSA) is 82.7 Å². The van der Waals surface area contributed by atoms with Crippen LogP contribution in [0.3, 0.4) is 0 Å². The fourth-order valence-corrected chi connectivity index (χ4v) is 3.96. The van der Waals surface area contributed by atoms with Gasteiger partial charge in [0.15, 0.2) is 5.11 Å². The molecule has 0 fully saturated rings. The summed E-state index contributed by atoms with van der Waals surface area (Å²) in [5.41, 5.74) is 4.32. The van der Waals surface area contributed by atoms with Crippen LogP contribution in [0.1, 0.15) is 31.0 Å². The van der Waals surface area contributed by atoms with Gasteiger partial charge >= 0.3 is 12.0 Å². The van der Waals surface area contributed by atoms with Crippen LogP contribution >= 0.6 is 12.2 Å². The number of benzene rings is 2. The van der Waals surface area contributed by atoms with Crippen LogP contribution < -0.4 is 16.0 Å². The second kappa shape index (κ2) is 9.61. The van der Waals surface area contributed by atoms with Gasteiger partial charge in [-0.3, -0.25) is 0 Å². The van der Waals surface area contributed by atoms with Crippen molar-refractivity contribution in [3.8, 4) is 0 Å². The maximum absolute atomic E-state index is 12.6. The minimum absolute atomic E-state index is 0.351. The Bertz CT molecular complexity index is 1050. The van der Waals surface area contributed by atoms with Crippen LogP contribution in [-0.2, 0) is 9.53 Å². The number of methoxy groups -OCH3 is 1. The van der Waals surface area contributed by atoms with Gasteiger partial charge < -0.3 is 25.6 Å². The van der Waals surface area contributed by atoms with E-state index in [1.807, 2.05) is 68.1 Å². The molecule has 0 spiro atoms. The van der Waals surface area contributed by atoms with Crippen molar-refractivity contribution in [1.82, 2.24) is 10.2 Å². The summed E-state index contributed by atoms with van der Waals surface area (Å²) in [6, 6.07) is 14.0. The van der Waals surface area contributed by atoms with Crippen molar-refractivity contribution >= 4 is 40.7 Å². The minimum Gasteiger partial charge on any atom is -0.466 e. The molecule has 2 aromatic carbocycles. The van der Waals surface area contributed by atoms with Crippen LogP contribution in [-0.4, -0.2) is 35.7 Å². The smallest absolute Gasteiger partial charge is 0.337 e. The van der Waals surface area contributed by atoms with Gasteiger partial charge in [0, 0.05) is 23.6 Å². The number of ether oxygens (including phenoxy) is 1. The molecule has 2 amide bonds. The molecule has 1 aliphatic heterocycles. The zero-order chi connectivity index (χ0) is 22.5. The maximum Gasteiger partial charge on any atom is 0.337 e. The SMILES string of the molecule is CCN1C(=S)NC(c2cccc(NC(=O)Nc3ccccc3C)c2)C(C(=O)OC)=C1C. The number of urea groups is 1. The van der Waals surface area contributed by atoms with Gasteiger partial charge in [-0.15, -0.1) is 0 Å². The number of carbonyl (C=O) groups is 2. The molecule has 8 heteroatoms. The standard InChI is InChI=1S/C23H26N4O3S/c1-5-27-15(3)19(21(28)30-4)20(26-23(27)31)16-10-8-11-17(13-16)24-22(29)25-18-12-7-6-9-14(18)2/h6-13,20H,5H2,1-4H3,(H,26,31)(H2,24,25,29). The van der Waals surface area contributed by atoms with Crippen molar-refractivity contribution in [3.05, 3.63) is 70.9 Å². The molecule has 3 rings (SSSR count). The van der Waals surface area contributed by atoms with Gasteiger partial charge in [-0.1, -0.05) is 30.3 Å². The molecule has 31 heavy (non-hydrogen) atoms.